The number of aromatic nitrogens is 4. The van der Waals surface area contributed by atoms with Crippen LogP contribution >= 0.6 is 0 Å². The summed E-state index contributed by atoms with van der Waals surface area (Å²) in [5, 5.41) is 0. The predicted octanol–water partition coefficient (Wildman–Crippen LogP) is 3.40. The Labute approximate surface area is 163 Å². The average molecular weight is 368 g/mol. The summed E-state index contributed by atoms with van der Waals surface area (Å²) in [7, 11) is 0. The summed E-state index contributed by atoms with van der Waals surface area (Å²) in [6, 6.07) is 21.1. The molecule has 4 rings (SSSR count). The van der Waals surface area contributed by atoms with Gasteiger partial charge < -0.3 is 11.5 Å². The normalized spacial score (nSPS) is 13.0. The second-order valence-corrected chi connectivity index (χ2v) is 6.47. The minimum absolute atomic E-state index is 0.179. The van der Waals surface area contributed by atoms with E-state index in [9.17, 15) is 0 Å². The van der Waals surface area contributed by atoms with E-state index in [1.807, 2.05) is 60.8 Å². The summed E-state index contributed by atoms with van der Waals surface area (Å²) >= 11 is 0. The van der Waals surface area contributed by atoms with Crippen molar-refractivity contribution in [3.63, 3.8) is 0 Å². The summed E-state index contributed by atoms with van der Waals surface area (Å²) in [5.74, 6) is 0.542. The molecule has 0 spiro atoms. The van der Waals surface area contributed by atoms with Crippen LogP contribution in [-0.4, -0.2) is 19.9 Å². The quantitative estimate of drug-likeness (QED) is 0.559. The zero-order chi connectivity index (χ0) is 19.3. The first-order valence-corrected chi connectivity index (χ1v) is 8.98. The molecule has 4 heterocycles. The minimum atomic E-state index is -0.205. The Kier molecular flexibility index (Phi) is 4.93. The maximum atomic E-state index is 6.00. The molecule has 6 heteroatoms. The van der Waals surface area contributed by atoms with Crippen molar-refractivity contribution in [3.05, 3.63) is 108 Å². The van der Waals surface area contributed by atoms with E-state index in [1.54, 1.807) is 24.5 Å². The maximum absolute atomic E-state index is 6.00. The predicted molar refractivity (Wildman–Crippen MR) is 109 cm³/mol. The Morgan fingerprint density at radius 1 is 0.607 bits per heavy atom. The van der Waals surface area contributed by atoms with E-state index in [4.69, 9.17) is 11.5 Å². The lowest BCUT2D eigenvalue weighted by Gasteiger charge is -2.27. The van der Waals surface area contributed by atoms with E-state index in [1.165, 1.54) is 0 Å². The van der Waals surface area contributed by atoms with Crippen LogP contribution in [0.1, 0.15) is 34.5 Å². The van der Waals surface area contributed by atoms with Crippen LogP contribution in [-0.2, 0) is 0 Å². The first-order chi connectivity index (χ1) is 13.7. The molecule has 6 nitrogen and oxygen atoms in total. The van der Waals surface area contributed by atoms with Gasteiger partial charge in [0.25, 0.3) is 0 Å². The number of nitrogens with two attached hydrogens (primary N) is 2. The second-order valence-electron chi connectivity index (χ2n) is 6.47. The fourth-order valence-electron chi connectivity index (χ4n) is 3.43. The third-order valence-electron chi connectivity index (χ3n) is 4.60. The Morgan fingerprint density at radius 2 is 1.29 bits per heavy atom. The number of rotatable bonds is 5. The van der Waals surface area contributed by atoms with Crippen molar-refractivity contribution in [2.45, 2.75) is 11.8 Å². The van der Waals surface area contributed by atoms with Gasteiger partial charge in [-0.05, 0) is 48.0 Å². The standard InChI is InChI=1S/C22H20N6/c23-19-10-3-8-17(27-19)21(15-6-5-12-25-14-15)22(16-7-1-2-13-26-16)18-9-4-11-20(24)28-18/h1-14,21-22H,(H2,23,27)(H2,24,28). The molecule has 28 heavy (non-hydrogen) atoms. The molecular weight excluding hydrogens is 348 g/mol. The molecule has 4 aromatic rings. The SMILES string of the molecule is Nc1cccc(C(c2cccnc2)C(c2ccccn2)c2cccc(N)n2)n1. The zero-order valence-electron chi connectivity index (χ0n) is 15.2. The zero-order valence-corrected chi connectivity index (χ0v) is 15.2. The van der Waals surface area contributed by atoms with E-state index in [0.717, 1.165) is 22.6 Å². The van der Waals surface area contributed by atoms with E-state index in [-0.39, 0.29) is 11.8 Å². The number of nitrogen functional groups attached to an aromatic ring is 2. The van der Waals surface area contributed by atoms with Crippen molar-refractivity contribution in [2.75, 3.05) is 11.5 Å². The van der Waals surface area contributed by atoms with Crippen LogP contribution in [0.5, 0.6) is 0 Å². The van der Waals surface area contributed by atoms with E-state index < -0.39 is 0 Å². The molecule has 0 bridgehead atoms. The molecule has 138 valence electrons. The fourth-order valence-corrected chi connectivity index (χ4v) is 3.43. The second kappa shape index (κ2) is 7.84. The van der Waals surface area contributed by atoms with E-state index >= 15 is 0 Å². The molecule has 0 fully saturated rings. The lowest BCUT2D eigenvalue weighted by atomic mass is 9.79. The van der Waals surface area contributed by atoms with Crippen molar-refractivity contribution in [1.82, 2.24) is 19.9 Å². The van der Waals surface area contributed by atoms with Gasteiger partial charge in [-0.3, -0.25) is 9.97 Å². The molecule has 4 aromatic heterocycles. The van der Waals surface area contributed by atoms with Gasteiger partial charge in [0, 0.05) is 24.5 Å². The van der Waals surface area contributed by atoms with Crippen LogP contribution in [0.3, 0.4) is 0 Å². The lowest BCUT2D eigenvalue weighted by molar-refractivity contribution is 0.641. The number of pyridine rings is 4. The Balaban J connectivity index is 1.96. The van der Waals surface area contributed by atoms with Crippen LogP contribution in [0.15, 0.2) is 85.3 Å². The van der Waals surface area contributed by atoms with Gasteiger partial charge in [-0.25, -0.2) is 9.97 Å². The van der Waals surface area contributed by atoms with E-state index in [2.05, 4.69) is 19.9 Å². The number of nitrogens with zero attached hydrogens (tertiary/aromatic N) is 4. The average Bonchev–Trinajstić information content (AvgIpc) is 2.73. The summed E-state index contributed by atoms with van der Waals surface area (Å²) in [6.07, 6.45) is 5.38. The minimum Gasteiger partial charge on any atom is -0.384 e. The highest BCUT2D eigenvalue weighted by molar-refractivity contribution is 5.42. The Morgan fingerprint density at radius 3 is 1.86 bits per heavy atom. The first-order valence-electron chi connectivity index (χ1n) is 8.98. The van der Waals surface area contributed by atoms with Crippen LogP contribution in [0.25, 0.3) is 0 Å². The van der Waals surface area contributed by atoms with Crippen LogP contribution in [0, 0.1) is 0 Å². The monoisotopic (exact) mass is 368 g/mol. The highest BCUT2D eigenvalue weighted by Crippen LogP contribution is 2.40. The molecule has 0 aliphatic heterocycles. The first kappa shape index (κ1) is 17.6. The van der Waals surface area contributed by atoms with Gasteiger partial charge in [-0.1, -0.05) is 24.3 Å². The van der Waals surface area contributed by atoms with Gasteiger partial charge in [0.05, 0.1) is 23.0 Å². The lowest BCUT2D eigenvalue weighted by Crippen LogP contribution is -2.19. The van der Waals surface area contributed by atoms with Crippen molar-refractivity contribution in [1.29, 1.82) is 0 Å². The molecule has 0 saturated heterocycles. The molecule has 0 aliphatic rings. The largest absolute Gasteiger partial charge is 0.384 e. The summed E-state index contributed by atoms with van der Waals surface area (Å²) in [6.45, 7) is 0. The maximum Gasteiger partial charge on any atom is 0.123 e. The van der Waals surface area contributed by atoms with Crippen molar-refractivity contribution in [3.8, 4) is 0 Å². The summed E-state index contributed by atoms with van der Waals surface area (Å²) < 4.78 is 0. The summed E-state index contributed by atoms with van der Waals surface area (Å²) in [5.41, 5.74) is 15.5. The summed E-state index contributed by atoms with van der Waals surface area (Å²) in [4.78, 5) is 18.1. The van der Waals surface area contributed by atoms with Crippen LogP contribution < -0.4 is 11.5 Å². The van der Waals surface area contributed by atoms with Gasteiger partial charge in [-0.2, -0.15) is 0 Å². The molecule has 0 aliphatic carbocycles. The van der Waals surface area contributed by atoms with Gasteiger partial charge in [0.15, 0.2) is 0 Å². The van der Waals surface area contributed by atoms with Crippen LogP contribution in [0.2, 0.25) is 0 Å². The van der Waals surface area contributed by atoms with Crippen molar-refractivity contribution >= 4 is 11.6 Å². The molecule has 0 amide bonds. The van der Waals surface area contributed by atoms with Crippen molar-refractivity contribution < 1.29 is 0 Å². The third kappa shape index (κ3) is 3.66. The highest BCUT2D eigenvalue weighted by atomic mass is 14.9. The van der Waals surface area contributed by atoms with Gasteiger partial charge in [0.1, 0.15) is 11.6 Å². The molecule has 0 radical (unpaired) electrons. The Hall–Kier alpha value is -3.80. The smallest absolute Gasteiger partial charge is 0.123 e. The number of anilines is 2. The van der Waals surface area contributed by atoms with Crippen molar-refractivity contribution in [2.24, 2.45) is 0 Å². The molecule has 2 unspecified atom stereocenters. The molecule has 0 saturated carbocycles. The Bertz CT molecular complexity index is 966. The molecular formula is C22H20N6. The topological polar surface area (TPSA) is 104 Å². The molecule has 2 atom stereocenters. The molecule has 4 N–H and O–H groups in total. The molecule has 0 aromatic carbocycles. The van der Waals surface area contributed by atoms with Gasteiger partial charge in [0.2, 0.25) is 0 Å². The van der Waals surface area contributed by atoms with Crippen LogP contribution in [0.4, 0.5) is 11.6 Å². The number of hydrogen-bond donors (Lipinski definition) is 2. The van der Waals surface area contributed by atoms with E-state index in [0.29, 0.717) is 11.6 Å². The van der Waals surface area contributed by atoms with Gasteiger partial charge in [-0.15, -0.1) is 0 Å². The fraction of sp³-hybridized carbons (Fsp3) is 0.0909. The third-order valence-corrected chi connectivity index (χ3v) is 4.60. The highest BCUT2D eigenvalue weighted by Gasteiger charge is 2.31. The van der Waals surface area contributed by atoms with Gasteiger partial charge >= 0.3 is 0 Å². The number of hydrogen-bond acceptors (Lipinski definition) is 6.